The van der Waals surface area contributed by atoms with E-state index in [1.165, 1.54) is 11.4 Å². The van der Waals surface area contributed by atoms with Crippen molar-refractivity contribution in [3.05, 3.63) is 16.6 Å². The van der Waals surface area contributed by atoms with Gasteiger partial charge in [0, 0.05) is 37.2 Å². The lowest BCUT2D eigenvalue weighted by Crippen LogP contribution is -2.40. The number of nitrogens with zero attached hydrogens (tertiary/aromatic N) is 2. The maximum absolute atomic E-state index is 12.3. The monoisotopic (exact) mass is 294 g/mol. The van der Waals surface area contributed by atoms with Crippen LogP contribution in [0.5, 0.6) is 0 Å². The molecule has 2 aliphatic heterocycles. The van der Waals surface area contributed by atoms with E-state index in [1.54, 1.807) is 11.3 Å². The van der Waals surface area contributed by atoms with Crippen LogP contribution >= 0.6 is 11.3 Å². The fourth-order valence-electron chi connectivity index (χ4n) is 3.10. The third-order valence-corrected chi connectivity index (χ3v) is 5.26. The Morgan fingerprint density at radius 2 is 2.20 bits per heavy atom. The van der Waals surface area contributed by atoms with Gasteiger partial charge in [0.2, 0.25) is 5.91 Å². The van der Waals surface area contributed by atoms with Gasteiger partial charge in [-0.3, -0.25) is 4.79 Å². The van der Waals surface area contributed by atoms with Gasteiger partial charge in [0.25, 0.3) is 0 Å². The first-order valence-electron chi connectivity index (χ1n) is 7.61. The number of carbonyl (C=O) groups is 1. The molecule has 110 valence electrons. The Bertz CT molecular complexity index is 421. The van der Waals surface area contributed by atoms with Crippen LogP contribution < -0.4 is 0 Å². The first-order chi connectivity index (χ1) is 9.83. The number of hydrogen-bond acceptors (Lipinski definition) is 4. The number of likely N-dealkylation sites (tertiary alicyclic amines) is 1. The molecule has 3 rings (SSSR count). The molecule has 2 saturated heterocycles. The molecular weight excluding hydrogens is 272 g/mol. The zero-order chi connectivity index (χ0) is 13.8. The molecule has 1 aromatic rings. The molecule has 1 amide bonds. The third kappa shape index (κ3) is 3.38. The van der Waals surface area contributed by atoms with Crippen molar-refractivity contribution >= 4 is 17.2 Å². The van der Waals surface area contributed by atoms with Crippen LogP contribution in [0.4, 0.5) is 0 Å². The van der Waals surface area contributed by atoms with Crippen molar-refractivity contribution in [2.45, 2.75) is 50.5 Å². The molecule has 0 N–H and O–H groups in total. The summed E-state index contributed by atoms with van der Waals surface area (Å²) in [5.41, 5.74) is 0. The summed E-state index contributed by atoms with van der Waals surface area (Å²) >= 11 is 1.73. The minimum absolute atomic E-state index is 0.160. The molecule has 5 heteroatoms. The van der Waals surface area contributed by atoms with E-state index >= 15 is 0 Å². The van der Waals surface area contributed by atoms with E-state index in [4.69, 9.17) is 4.74 Å². The van der Waals surface area contributed by atoms with Crippen LogP contribution in [-0.2, 0) is 9.53 Å². The minimum atomic E-state index is 0.160. The summed E-state index contributed by atoms with van der Waals surface area (Å²) in [5, 5.41) is 3.26. The van der Waals surface area contributed by atoms with Crippen molar-refractivity contribution in [3.63, 3.8) is 0 Å². The van der Waals surface area contributed by atoms with E-state index in [-0.39, 0.29) is 12.0 Å². The molecule has 0 bridgehead atoms. The predicted octanol–water partition coefficient (Wildman–Crippen LogP) is 2.81. The second-order valence-corrected chi connectivity index (χ2v) is 6.64. The second kappa shape index (κ2) is 6.68. The number of aromatic nitrogens is 1. The van der Waals surface area contributed by atoms with Crippen molar-refractivity contribution in [2.24, 2.45) is 0 Å². The molecule has 2 aliphatic rings. The van der Waals surface area contributed by atoms with Crippen LogP contribution in [0.25, 0.3) is 0 Å². The topological polar surface area (TPSA) is 42.4 Å². The SMILES string of the molecule is O=C(CC1CCCCO1)N1CCC(c2nccs2)CC1. The van der Waals surface area contributed by atoms with Crippen LogP contribution in [0.3, 0.4) is 0 Å². The Hall–Kier alpha value is -0.940. The zero-order valence-corrected chi connectivity index (χ0v) is 12.6. The first kappa shape index (κ1) is 14.0. The number of hydrogen-bond donors (Lipinski definition) is 0. The number of rotatable bonds is 3. The molecule has 0 spiro atoms. The molecule has 0 aliphatic carbocycles. The van der Waals surface area contributed by atoms with Gasteiger partial charge in [0.15, 0.2) is 0 Å². The molecule has 1 unspecified atom stereocenters. The van der Waals surface area contributed by atoms with Crippen LogP contribution in [0, 0.1) is 0 Å². The molecule has 1 atom stereocenters. The van der Waals surface area contributed by atoms with E-state index in [9.17, 15) is 4.79 Å². The van der Waals surface area contributed by atoms with Gasteiger partial charge in [-0.05, 0) is 32.1 Å². The Balaban J connectivity index is 1.46. The lowest BCUT2D eigenvalue weighted by atomic mass is 9.97. The molecule has 2 fully saturated rings. The highest BCUT2D eigenvalue weighted by Crippen LogP contribution is 2.29. The number of piperidine rings is 1. The summed E-state index contributed by atoms with van der Waals surface area (Å²) in [5.74, 6) is 0.819. The van der Waals surface area contributed by atoms with Gasteiger partial charge in [-0.15, -0.1) is 11.3 Å². The fourth-order valence-corrected chi connectivity index (χ4v) is 3.92. The van der Waals surface area contributed by atoms with Gasteiger partial charge in [0.1, 0.15) is 0 Å². The van der Waals surface area contributed by atoms with E-state index in [0.29, 0.717) is 12.3 Å². The van der Waals surface area contributed by atoms with E-state index in [1.807, 2.05) is 16.5 Å². The van der Waals surface area contributed by atoms with Crippen LogP contribution in [0.2, 0.25) is 0 Å². The van der Waals surface area contributed by atoms with Gasteiger partial charge >= 0.3 is 0 Å². The standard InChI is InChI=1S/C15H22N2O2S/c18-14(11-13-3-1-2-9-19-13)17-7-4-12(5-8-17)15-16-6-10-20-15/h6,10,12-13H,1-5,7-9,11H2. The van der Waals surface area contributed by atoms with Crippen molar-refractivity contribution in [3.8, 4) is 0 Å². The van der Waals surface area contributed by atoms with Crippen molar-refractivity contribution < 1.29 is 9.53 Å². The van der Waals surface area contributed by atoms with E-state index < -0.39 is 0 Å². The molecule has 0 radical (unpaired) electrons. The van der Waals surface area contributed by atoms with Gasteiger partial charge < -0.3 is 9.64 Å². The second-order valence-electron chi connectivity index (χ2n) is 5.72. The lowest BCUT2D eigenvalue weighted by molar-refractivity contribution is -0.136. The molecular formula is C15H22N2O2S. The van der Waals surface area contributed by atoms with Crippen LogP contribution in [0.1, 0.15) is 49.5 Å². The Morgan fingerprint density at radius 3 is 2.85 bits per heavy atom. The van der Waals surface area contributed by atoms with Crippen molar-refractivity contribution in [1.82, 2.24) is 9.88 Å². The zero-order valence-electron chi connectivity index (χ0n) is 11.8. The molecule has 20 heavy (non-hydrogen) atoms. The normalized spacial score (nSPS) is 24.8. The van der Waals surface area contributed by atoms with Gasteiger partial charge in [0.05, 0.1) is 17.5 Å². The fraction of sp³-hybridized carbons (Fsp3) is 0.733. The van der Waals surface area contributed by atoms with E-state index in [2.05, 4.69) is 4.98 Å². The number of thiazole rings is 1. The highest BCUT2D eigenvalue weighted by atomic mass is 32.1. The molecule has 4 nitrogen and oxygen atoms in total. The Labute approximate surface area is 124 Å². The highest BCUT2D eigenvalue weighted by molar-refractivity contribution is 7.09. The predicted molar refractivity (Wildman–Crippen MR) is 78.9 cm³/mol. The maximum Gasteiger partial charge on any atom is 0.225 e. The third-order valence-electron chi connectivity index (χ3n) is 4.32. The molecule has 3 heterocycles. The maximum atomic E-state index is 12.3. The quantitative estimate of drug-likeness (QED) is 0.861. The average molecular weight is 294 g/mol. The summed E-state index contributed by atoms with van der Waals surface area (Å²) in [7, 11) is 0. The van der Waals surface area contributed by atoms with Gasteiger partial charge in [-0.1, -0.05) is 0 Å². The van der Waals surface area contributed by atoms with Crippen molar-refractivity contribution in [2.75, 3.05) is 19.7 Å². The van der Waals surface area contributed by atoms with Crippen LogP contribution in [0.15, 0.2) is 11.6 Å². The average Bonchev–Trinajstić information content (AvgIpc) is 3.03. The molecule has 1 aromatic heterocycles. The number of carbonyl (C=O) groups excluding carboxylic acids is 1. The largest absolute Gasteiger partial charge is 0.378 e. The summed E-state index contributed by atoms with van der Waals surface area (Å²) in [6, 6.07) is 0. The molecule has 0 saturated carbocycles. The lowest BCUT2D eigenvalue weighted by Gasteiger charge is -2.32. The Morgan fingerprint density at radius 1 is 1.35 bits per heavy atom. The van der Waals surface area contributed by atoms with E-state index in [0.717, 1.165) is 45.4 Å². The van der Waals surface area contributed by atoms with Crippen molar-refractivity contribution in [1.29, 1.82) is 0 Å². The van der Waals surface area contributed by atoms with Crippen LogP contribution in [-0.4, -0.2) is 41.6 Å². The summed E-state index contributed by atoms with van der Waals surface area (Å²) in [4.78, 5) is 18.7. The van der Waals surface area contributed by atoms with Gasteiger partial charge in [-0.25, -0.2) is 4.98 Å². The Kier molecular flexibility index (Phi) is 4.68. The smallest absolute Gasteiger partial charge is 0.225 e. The highest BCUT2D eigenvalue weighted by Gasteiger charge is 2.27. The number of ether oxygens (including phenoxy) is 1. The summed E-state index contributed by atoms with van der Waals surface area (Å²) < 4.78 is 5.66. The number of amides is 1. The summed E-state index contributed by atoms with van der Waals surface area (Å²) in [6.45, 7) is 2.57. The molecule has 0 aromatic carbocycles. The van der Waals surface area contributed by atoms with Gasteiger partial charge in [-0.2, -0.15) is 0 Å². The first-order valence-corrected chi connectivity index (χ1v) is 8.49. The minimum Gasteiger partial charge on any atom is -0.378 e. The summed E-state index contributed by atoms with van der Waals surface area (Å²) in [6.07, 6.45) is 8.08.